The van der Waals surface area contributed by atoms with Gasteiger partial charge in [0.2, 0.25) is 0 Å². The number of rotatable bonds is 3. The highest BCUT2D eigenvalue weighted by atomic mass is 79.9. The molecule has 0 radical (unpaired) electrons. The van der Waals surface area contributed by atoms with Crippen molar-refractivity contribution in [3.05, 3.63) is 33.1 Å². The lowest BCUT2D eigenvalue weighted by atomic mass is 10.2. The van der Waals surface area contributed by atoms with Crippen LogP contribution in [0.1, 0.15) is 5.56 Å². The van der Waals surface area contributed by atoms with E-state index in [0.29, 0.717) is 22.2 Å². The maximum atomic E-state index is 12.1. The summed E-state index contributed by atoms with van der Waals surface area (Å²) in [5.74, 6) is -0.147. The van der Waals surface area contributed by atoms with Crippen molar-refractivity contribution in [1.29, 1.82) is 0 Å². The number of aliphatic hydroxyl groups is 1. The number of nitrogens with zero attached hydrogens (tertiary/aromatic N) is 3. The predicted molar refractivity (Wildman–Crippen MR) is 98.9 cm³/mol. The average Bonchev–Trinajstić information content (AvgIpc) is 2.92. The molecular formula is C16H18BrN3O3S. The largest absolute Gasteiger partial charge is 0.507 e. The van der Waals surface area contributed by atoms with Crippen LogP contribution in [0.15, 0.2) is 32.6 Å². The molecule has 0 atom stereocenters. The molecule has 6 nitrogen and oxygen atoms in total. The van der Waals surface area contributed by atoms with Crippen LogP contribution in [-0.4, -0.2) is 70.4 Å². The second-order valence-corrected chi connectivity index (χ2v) is 7.49. The Hall–Kier alpha value is -1.35. The minimum atomic E-state index is -0.268. The van der Waals surface area contributed by atoms with Gasteiger partial charge in [0.25, 0.3) is 5.91 Å². The molecule has 8 heteroatoms. The van der Waals surface area contributed by atoms with E-state index in [4.69, 9.17) is 5.11 Å². The van der Waals surface area contributed by atoms with E-state index < -0.39 is 0 Å². The number of hydrogen-bond donors (Lipinski definition) is 2. The highest BCUT2D eigenvalue weighted by Gasteiger charge is 2.28. The number of phenols is 1. The molecule has 1 fully saturated rings. The number of aliphatic imine (C=N–C) groups is 1. The Labute approximate surface area is 153 Å². The zero-order valence-corrected chi connectivity index (χ0v) is 15.4. The summed E-state index contributed by atoms with van der Waals surface area (Å²) in [6, 6.07) is 5.17. The van der Waals surface area contributed by atoms with Gasteiger partial charge in [-0.3, -0.25) is 9.69 Å². The smallest absolute Gasteiger partial charge is 0.286 e. The first-order valence-electron chi connectivity index (χ1n) is 7.66. The third-order valence-electron chi connectivity index (χ3n) is 3.95. The van der Waals surface area contributed by atoms with E-state index >= 15 is 0 Å². The number of carbonyl (C=O) groups excluding carboxylic acids is 1. The molecule has 3 rings (SSSR count). The van der Waals surface area contributed by atoms with Crippen molar-refractivity contribution in [2.24, 2.45) is 4.99 Å². The normalized spacial score (nSPS) is 20.8. The number of aromatic hydroxyl groups is 1. The molecule has 0 aromatic heterocycles. The first-order chi connectivity index (χ1) is 11.6. The average molecular weight is 412 g/mol. The van der Waals surface area contributed by atoms with Crippen LogP contribution in [0.4, 0.5) is 0 Å². The number of amidine groups is 1. The summed E-state index contributed by atoms with van der Waals surface area (Å²) in [5, 5.41) is 19.7. The molecule has 1 aromatic carbocycles. The van der Waals surface area contributed by atoms with Crippen molar-refractivity contribution >= 4 is 44.8 Å². The van der Waals surface area contributed by atoms with Crippen LogP contribution in [-0.2, 0) is 4.79 Å². The van der Waals surface area contributed by atoms with Gasteiger partial charge in [-0.15, -0.1) is 0 Å². The zero-order valence-electron chi connectivity index (χ0n) is 13.0. The fraction of sp³-hybridized carbons (Fsp3) is 0.375. The third-order valence-corrected chi connectivity index (χ3v) is 5.49. The van der Waals surface area contributed by atoms with Gasteiger partial charge in [-0.2, -0.15) is 4.99 Å². The topological polar surface area (TPSA) is 76.4 Å². The molecule has 1 aromatic rings. The second kappa shape index (κ2) is 7.69. The first kappa shape index (κ1) is 17.5. The van der Waals surface area contributed by atoms with Gasteiger partial charge in [0, 0.05) is 42.8 Å². The molecule has 0 spiro atoms. The third kappa shape index (κ3) is 4.00. The Morgan fingerprint density at radius 1 is 1.29 bits per heavy atom. The first-order valence-corrected chi connectivity index (χ1v) is 9.27. The molecule has 0 aliphatic carbocycles. The van der Waals surface area contributed by atoms with Gasteiger partial charge in [0.05, 0.1) is 11.5 Å². The minimum Gasteiger partial charge on any atom is -0.507 e. The highest BCUT2D eigenvalue weighted by molar-refractivity contribution is 9.10. The lowest BCUT2D eigenvalue weighted by molar-refractivity contribution is -0.113. The molecule has 2 aliphatic rings. The van der Waals surface area contributed by atoms with E-state index in [-0.39, 0.29) is 18.3 Å². The van der Waals surface area contributed by atoms with Gasteiger partial charge < -0.3 is 15.1 Å². The molecule has 2 heterocycles. The number of benzene rings is 1. The highest BCUT2D eigenvalue weighted by Crippen LogP contribution is 2.33. The summed E-state index contributed by atoms with van der Waals surface area (Å²) in [6.45, 7) is 4.12. The number of phenolic OH excluding ortho intramolecular Hbond substituents is 1. The van der Waals surface area contributed by atoms with Gasteiger partial charge in [0.15, 0.2) is 5.17 Å². The van der Waals surface area contributed by atoms with Crippen molar-refractivity contribution in [2.75, 3.05) is 39.3 Å². The van der Waals surface area contributed by atoms with Crippen molar-refractivity contribution < 1.29 is 15.0 Å². The van der Waals surface area contributed by atoms with Crippen molar-refractivity contribution in [3.8, 4) is 5.75 Å². The maximum absolute atomic E-state index is 12.1. The van der Waals surface area contributed by atoms with E-state index in [1.54, 1.807) is 18.2 Å². The Balaban J connectivity index is 1.67. The second-order valence-electron chi connectivity index (χ2n) is 5.57. The van der Waals surface area contributed by atoms with E-state index in [2.05, 4.69) is 30.7 Å². The SMILES string of the molecule is O=C1N=C(N2CCN(CCO)CC2)S/C1=C/c1ccc(Br)cc1O. The maximum Gasteiger partial charge on any atom is 0.286 e. The molecule has 0 unspecified atom stereocenters. The summed E-state index contributed by atoms with van der Waals surface area (Å²) in [5.41, 5.74) is 0.596. The quantitative estimate of drug-likeness (QED) is 0.737. The Kier molecular flexibility index (Phi) is 5.60. The molecule has 0 bridgehead atoms. The van der Waals surface area contributed by atoms with Crippen molar-refractivity contribution in [2.45, 2.75) is 0 Å². The van der Waals surface area contributed by atoms with Gasteiger partial charge in [-0.05, 0) is 30.0 Å². The number of hydrogen-bond acceptors (Lipinski definition) is 6. The van der Waals surface area contributed by atoms with Crippen LogP contribution in [0, 0.1) is 0 Å². The molecule has 2 N–H and O–H groups in total. The zero-order chi connectivity index (χ0) is 17.1. The molecular weight excluding hydrogens is 394 g/mol. The van der Waals surface area contributed by atoms with Gasteiger partial charge in [-0.25, -0.2) is 0 Å². The Morgan fingerprint density at radius 3 is 2.71 bits per heavy atom. The summed E-state index contributed by atoms with van der Waals surface area (Å²) in [6.07, 6.45) is 1.67. The van der Waals surface area contributed by atoms with E-state index in [1.165, 1.54) is 11.8 Å². The number of aliphatic hydroxyl groups excluding tert-OH is 1. The van der Waals surface area contributed by atoms with Gasteiger partial charge in [0.1, 0.15) is 5.75 Å². The standard InChI is InChI=1S/C16H18BrN3O3S/c17-12-2-1-11(13(22)10-12)9-14-15(23)18-16(24-14)20-5-3-19(4-6-20)7-8-21/h1-2,9-10,21-22H,3-8H2/b14-9+. The lowest BCUT2D eigenvalue weighted by Crippen LogP contribution is -2.48. The molecule has 2 aliphatic heterocycles. The molecule has 0 saturated carbocycles. The number of amides is 1. The Morgan fingerprint density at radius 2 is 2.04 bits per heavy atom. The lowest BCUT2D eigenvalue weighted by Gasteiger charge is -2.34. The van der Waals surface area contributed by atoms with E-state index in [9.17, 15) is 9.90 Å². The number of piperazine rings is 1. The summed E-state index contributed by atoms with van der Waals surface area (Å²) < 4.78 is 0.783. The molecule has 1 saturated heterocycles. The van der Waals surface area contributed by atoms with Crippen LogP contribution in [0.25, 0.3) is 6.08 Å². The fourth-order valence-electron chi connectivity index (χ4n) is 2.62. The minimum absolute atomic E-state index is 0.122. The van der Waals surface area contributed by atoms with E-state index in [1.807, 2.05) is 6.07 Å². The predicted octanol–water partition coefficient (Wildman–Crippen LogP) is 1.73. The summed E-state index contributed by atoms with van der Waals surface area (Å²) in [7, 11) is 0. The van der Waals surface area contributed by atoms with Crippen LogP contribution in [0.5, 0.6) is 5.75 Å². The number of β-amino-alcohol motifs (C(OH)–C–C–N with tert-alkyl or cyclic N) is 1. The van der Waals surface area contributed by atoms with Crippen LogP contribution < -0.4 is 0 Å². The van der Waals surface area contributed by atoms with Gasteiger partial charge in [-0.1, -0.05) is 22.0 Å². The summed E-state index contributed by atoms with van der Waals surface area (Å²) in [4.78, 5) is 21.1. The van der Waals surface area contributed by atoms with Crippen LogP contribution in [0.2, 0.25) is 0 Å². The molecule has 128 valence electrons. The van der Waals surface area contributed by atoms with Crippen molar-refractivity contribution in [3.63, 3.8) is 0 Å². The molecule has 24 heavy (non-hydrogen) atoms. The van der Waals surface area contributed by atoms with E-state index in [0.717, 1.165) is 30.7 Å². The fourth-order valence-corrected chi connectivity index (χ4v) is 3.92. The molecule has 1 amide bonds. The summed E-state index contributed by atoms with van der Waals surface area (Å²) >= 11 is 4.64. The van der Waals surface area contributed by atoms with Crippen LogP contribution >= 0.6 is 27.7 Å². The number of halogens is 1. The van der Waals surface area contributed by atoms with Crippen LogP contribution in [0.3, 0.4) is 0 Å². The van der Waals surface area contributed by atoms with Crippen molar-refractivity contribution in [1.82, 2.24) is 9.80 Å². The number of carbonyl (C=O) groups is 1. The number of thioether (sulfide) groups is 1. The Bertz CT molecular complexity index is 700. The van der Waals surface area contributed by atoms with Gasteiger partial charge >= 0.3 is 0 Å². The monoisotopic (exact) mass is 411 g/mol.